The van der Waals surface area contributed by atoms with Gasteiger partial charge in [0.2, 0.25) is 11.8 Å². The summed E-state index contributed by atoms with van der Waals surface area (Å²) in [4.78, 5) is 40.9. The van der Waals surface area contributed by atoms with Gasteiger partial charge >= 0.3 is 6.03 Å². The summed E-state index contributed by atoms with van der Waals surface area (Å²) in [6.07, 6.45) is 1.27. The Morgan fingerprint density at radius 1 is 1.17 bits per heavy atom. The molecule has 2 aliphatic rings. The quantitative estimate of drug-likeness (QED) is 0.731. The fourth-order valence-corrected chi connectivity index (χ4v) is 3.52. The van der Waals surface area contributed by atoms with Gasteiger partial charge in [-0.15, -0.1) is 0 Å². The van der Waals surface area contributed by atoms with E-state index in [0.717, 1.165) is 17.6 Å². The second-order valence-electron chi connectivity index (χ2n) is 6.25. The van der Waals surface area contributed by atoms with E-state index in [4.69, 9.17) is 0 Å². The van der Waals surface area contributed by atoms with Crippen LogP contribution in [0.1, 0.15) is 24.1 Å². The van der Waals surface area contributed by atoms with Crippen molar-refractivity contribution in [2.45, 2.75) is 31.8 Å². The molecule has 1 fully saturated rings. The fraction of sp³-hybridized carbons (Fsp3) is 0.353. The molecule has 0 bridgehead atoms. The second kappa shape index (κ2) is 5.67. The molecule has 1 saturated heterocycles. The molecule has 0 spiro atoms. The van der Waals surface area contributed by atoms with Crippen molar-refractivity contribution in [1.82, 2.24) is 20.5 Å². The van der Waals surface area contributed by atoms with Gasteiger partial charge in [0.15, 0.2) is 0 Å². The van der Waals surface area contributed by atoms with Gasteiger partial charge in [0.05, 0.1) is 6.54 Å². The molecule has 124 valence electrons. The summed E-state index contributed by atoms with van der Waals surface area (Å²) in [5, 5.41) is 5.99. The van der Waals surface area contributed by atoms with Crippen molar-refractivity contribution in [2.75, 3.05) is 6.54 Å². The number of hydrogen-bond acceptors (Lipinski definition) is 3. The van der Waals surface area contributed by atoms with Crippen molar-refractivity contribution in [3.05, 3.63) is 35.5 Å². The van der Waals surface area contributed by atoms with E-state index in [2.05, 4.69) is 21.7 Å². The first-order valence-corrected chi connectivity index (χ1v) is 8.09. The number of rotatable bonds is 1. The number of para-hydroxylation sites is 1. The number of urea groups is 1. The highest BCUT2D eigenvalue weighted by Crippen LogP contribution is 2.27. The van der Waals surface area contributed by atoms with Gasteiger partial charge in [-0.25, -0.2) is 4.79 Å². The Morgan fingerprint density at radius 2 is 2.00 bits per heavy atom. The summed E-state index contributed by atoms with van der Waals surface area (Å²) >= 11 is 0. The van der Waals surface area contributed by atoms with Gasteiger partial charge in [-0.1, -0.05) is 18.2 Å². The first-order chi connectivity index (χ1) is 11.6. The van der Waals surface area contributed by atoms with E-state index in [9.17, 15) is 14.4 Å². The zero-order valence-corrected chi connectivity index (χ0v) is 13.1. The van der Waals surface area contributed by atoms with Crippen LogP contribution >= 0.6 is 0 Å². The van der Waals surface area contributed by atoms with Crippen LogP contribution in [-0.2, 0) is 22.6 Å². The molecule has 4 amide bonds. The average Bonchev–Trinajstić information content (AvgIpc) is 2.86. The van der Waals surface area contributed by atoms with Gasteiger partial charge in [0.1, 0.15) is 6.04 Å². The van der Waals surface area contributed by atoms with Crippen LogP contribution in [0.3, 0.4) is 0 Å². The molecule has 2 aliphatic heterocycles. The van der Waals surface area contributed by atoms with Crippen LogP contribution in [0.2, 0.25) is 0 Å². The second-order valence-corrected chi connectivity index (χ2v) is 6.25. The molecule has 24 heavy (non-hydrogen) atoms. The predicted molar refractivity (Wildman–Crippen MR) is 87.1 cm³/mol. The number of nitrogens with zero attached hydrogens (tertiary/aromatic N) is 1. The van der Waals surface area contributed by atoms with Crippen molar-refractivity contribution >= 4 is 28.7 Å². The Hall–Kier alpha value is -2.83. The first-order valence-electron chi connectivity index (χ1n) is 8.09. The minimum Gasteiger partial charge on any atom is -0.357 e. The van der Waals surface area contributed by atoms with Crippen molar-refractivity contribution in [2.24, 2.45) is 0 Å². The molecule has 0 saturated carbocycles. The molecule has 7 nitrogen and oxygen atoms in total. The maximum absolute atomic E-state index is 12.7. The smallest absolute Gasteiger partial charge is 0.322 e. The zero-order valence-electron chi connectivity index (χ0n) is 13.1. The molecule has 3 heterocycles. The van der Waals surface area contributed by atoms with Gasteiger partial charge in [-0.05, 0) is 24.5 Å². The molecule has 1 atom stereocenters. The van der Waals surface area contributed by atoms with E-state index in [1.165, 1.54) is 10.9 Å². The summed E-state index contributed by atoms with van der Waals surface area (Å²) in [7, 11) is 0. The molecule has 0 radical (unpaired) electrons. The Morgan fingerprint density at radius 3 is 2.88 bits per heavy atom. The van der Waals surface area contributed by atoms with Crippen LogP contribution in [0.15, 0.2) is 24.3 Å². The van der Waals surface area contributed by atoms with Gasteiger partial charge < -0.3 is 15.2 Å². The van der Waals surface area contributed by atoms with Gasteiger partial charge in [-0.3, -0.25) is 14.9 Å². The van der Waals surface area contributed by atoms with E-state index < -0.39 is 12.1 Å². The van der Waals surface area contributed by atoms with Crippen LogP contribution in [-0.4, -0.2) is 40.3 Å². The van der Waals surface area contributed by atoms with Crippen LogP contribution < -0.4 is 10.6 Å². The molecule has 7 heteroatoms. The number of carbonyl (C=O) groups is 3. The molecule has 0 aliphatic carbocycles. The highest BCUT2D eigenvalue weighted by atomic mass is 16.2. The lowest BCUT2D eigenvalue weighted by molar-refractivity contribution is -0.134. The number of aromatic amines is 1. The molecule has 3 N–H and O–H groups in total. The third-order valence-electron chi connectivity index (χ3n) is 4.71. The van der Waals surface area contributed by atoms with Gasteiger partial charge in [0.25, 0.3) is 0 Å². The number of H-pyrrole nitrogens is 1. The minimum atomic E-state index is -0.651. The van der Waals surface area contributed by atoms with E-state index in [-0.39, 0.29) is 18.2 Å². The Kier molecular flexibility index (Phi) is 3.48. The number of aromatic nitrogens is 1. The Bertz CT molecular complexity index is 841. The third-order valence-corrected chi connectivity index (χ3v) is 4.71. The maximum atomic E-state index is 12.7. The first kappa shape index (κ1) is 14.7. The standard InChI is InChI=1S/C17H18N4O3/c22-15-6-5-13(19-17(24)20-15)16(23)21-8-7-11-10-3-1-2-4-12(10)18-14(11)9-21/h1-4,13,18H,5-9H2,(H2,19,20,22,24)/t13-/m1/s1. The number of benzene rings is 1. The highest BCUT2D eigenvalue weighted by molar-refractivity contribution is 5.98. The minimum absolute atomic E-state index is 0.135. The van der Waals surface area contributed by atoms with E-state index in [1.54, 1.807) is 4.90 Å². The van der Waals surface area contributed by atoms with Crippen LogP contribution in [0.5, 0.6) is 0 Å². The van der Waals surface area contributed by atoms with E-state index >= 15 is 0 Å². The summed E-state index contributed by atoms with van der Waals surface area (Å²) in [6.45, 7) is 1.11. The third kappa shape index (κ3) is 2.51. The lowest BCUT2D eigenvalue weighted by Gasteiger charge is -2.30. The Labute approximate surface area is 138 Å². The number of fused-ring (bicyclic) bond motifs is 3. The average molecular weight is 326 g/mol. The maximum Gasteiger partial charge on any atom is 0.322 e. The van der Waals surface area contributed by atoms with Crippen molar-refractivity contribution in [3.8, 4) is 0 Å². The molecular weight excluding hydrogens is 308 g/mol. The molecule has 4 rings (SSSR count). The molecule has 0 unspecified atom stereocenters. The monoisotopic (exact) mass is 326 g/mol. The van der Waals surface area contributed by atoms with Gasteiger partial charge in [-0.2, -0.15) is 0 Å². The summed E-state index contributed by atoms with van der Waals surface area (Å²) in [5.41, 5.74) is 3.38. The molecule has 1 aromatic heterocycles. The molecular formula is C17H18N4O3. The van der Waals surface area contributed by atoms with Gasteiger partial charge in [0, 0.05) is 29.6 Å². The van der Waals surface area contributed by atoms with Crippen LogP contribution in [0.4, 0.5) is 4.79 Å². The summed E-state index contributed by atoms with van der Waals surface area (Å²) in [6, 6.07) is 6.87. The topological polar surface area (TPSA) is 94.3 Å². The van der Waals surface area contributed by atoms with Crippen LogP contribution in [0, 0.1) is 0 Å². The predicted octanol–water partition coefficient (Wildman–Crippen LogP) is 1.04. The van der Waals surface area contributed by atoms with E-state index in [0.29, 0.717) is 19.5 Å². The van der Waals surface area contributed by atoms with E-state index in [1.807, 2.05) is 18.2 Å². The Balaban J connectivity index is 1.54. The lowest BCUT2D eigenvalue weighted by Crippen LogP contribution is -2.50. The van der Waals surface area contributed by atoms with Crippen LogP contribution in [0.25, 0.3) is 10.9 Å². The molecule has 2 aromatic rings. The van der Waals surface area contributed by atoms with Crippen molar-refractivity contribution in [3.63, 3.8) is 0 Å². The summed E-state index contributed by atoms with van der Waals surface area (Å²) in [5.74, 6) is -0.483. The fourth-order valence-electron chi connectivity index (χ4n) is 3.52. The zero-order chi connectivity index (χ0) is 16.7. The number of nitrogens with one attached hydrogen (secondary N) is 3. The largest absolute Gasteiger partial charge is 0.357 e. The SMILES string of the molecule is O=C1CC[C@H](C(=O)N2CCc3c([nH]c4ccccc34)C2)NC(=O)N1. The molecule has 1 aromatic carbocycles. The van der Waals surface area contributed by atoms with Crippen molar-refractivity contribution < 1.29 is 14.4 Å². The highest BCUT2D eigenvalue weighted by Gasteiger charge is 2.32. The summed E-state index contributed by atoms with van der Waals surface area (Å²) < 4.78 is 0. The number of carbonyl (C=O) groups excluding carboxylic acids is 3. The lowest BCUT2D eigenvalue weighted by atomic mass is 10.0. The number of amides is 4. The number of imide groups is 1. The normalized spacial score (nSPS) is 21.0. The number of hydrogen-bond donors (Lipinski definition) is 3. The van der Waals surface area contributed by atoms with Crippen molar-refractivity contribution in [1.29, 1.82) is 0 Å².